The molecule has 0 aliphatic heterocycles. The lowest BCUT2D eigenvalue weighted by Crippen LogP contribution is -2.16. The highest BCUT2D eigenvalue weighted by atomic mass is 32.1. The number of benzene rings is 2. The number of amides is 1. The molecule has 3 aromatic rings. The van der Waals surface area contributed by atoms with E-state index in [-0.39, 0.29) is 5.91 Å². The van der Waals surface area contributed by atoms with E-state index in [1.807, 2.05) is 41.2 Å². The summed E-state index contributed by atoms with van der Waals surface area (Å²) < 4.78 is 0. The van der Waals surface area contributed by atoms with E-state index in [1.165, 1.54) is 39.2 Å². The number of hydrogen-bond donors (Lipinski definition) is 2. The molecule has 1 aliphatic rings. The predicted molar refractivity (Wildman–Crippen MR) is 145 cm³/mol. The molecule has 0 atom stereocenters. The van der Waals surface area contributed by atoms with Crippen LogP contribution in [0.3, 0.4) is 0 Å². The summed E-state index contributed by atoms with van der Waals surface area (Å²) in [6.45, 7) is 4.92. The molecular weight excluding hydrogens is 438 g/mol. The summed E-state index contributed by atoms with van der Waals surface area (Å²) >= 11 is 1.52. The zero-order chi connectivity index (χ0) is 23.9. The van der Waals surface area contributed by atoms with Crippen molar-refractivity contribution in [1.82, 2.24) is 5.32 Å². The quantitative estimate of drug-likeness (QED) is 0.376. The number of nitrogens with one attached hydrogen (secondary N) is 2. The normalized spacial score (nSPS) is 15.0. The molecule has 172 valence electrons. The second kappa shape index (κ2) is 10.9. The van der Waals surface area contributed by atoms with Gasteiger partial charge >= 0.3 is 0 Å². The van der Waals surface area contributed by atoms with Gasteiger partial charge in [0.2, 0.25) is 0 Å². The number of anilines is 1. The van der Waals surface area contributed by atoms with Gasteiger partial charge in [0.1, 0.15) is 0 Å². The molecule has 0 bridgehead atoms. The number of hydrogen-bond acceptors (Lipinski definition) is 4. The van der Waals surface area contributed by atoms with Crippen LogP contribution in [0.25, 0.3) is 5.57 Å². The topological polar surface area (TPSA) is 53.5 Å². The highest BCUT2D eigenvalue weighted by molar-refractivity contribution is 7.08. The molecule has 0 saturated heterocycles. The van der Waals surface area contributed by atoms with Gasteiger partial charge in [0.15, 0.2) is 0 Å². The Hall–Kier alpha value is -3.70. The van der Waals surface area contributed by atoms with Gasteiger partial charge in [0.25, 0.3) is 5.91 Å². The lowest BCUT2D eigenvalue weighted by Gasteiger charge is -2.21. The summed E-state index contributed by atoms with van der Waals surface area (Å²) in [4.78, 5) is 16.6. The fraction of sp³-hybridized carbons (Fsp3) is 0.172. The van der Waals surface area contributed by atoms with Crippen molar-refractivity contribution in [1.29, 1.82) is 0 Å². The maximum Gasteiger partial charge on any atom is 0.256 e. The maximum atomic E-state index is 12.4. The fourth-order valence-corrected chi connectivity index (χ4v) is 4.63. The maximum absolute atomic E-state index is 12.4. The number of carbonyl (C=O) groups is 1. The molecule has 2 aromatic carbocycles. The highest BCUT2D eigenvalue weighted by Gasteiger charge is 2.14. The number of allylic oxidation sites excluding steroid dienone is 5. The van der Waals surface area contributed by atoms with Gasteiger partial charge in [-0.2, -0.15) is 11.3 Å². The van der Waals surface area contributed by atoms with Crippen LogP contribution < -0.4 is 10.6 Å². The van der Waals surface area contributed by atoms with Crippen LogP contribution in [0.4, 0.5) is 5.69 Å². The minimum Gasteiger partial charge on any atom is -0.384 e. The van der Waals surface area contributed by atoms with E-state index >= 15 is 0 Å². The van der Waals surface area contributed by atoms with E-state index in [0.717, 1.165) is 23.4 Å². The number of carbonyl (C=O) groups excluding carboxylic acids is 1. The first kappa shape index (κ1) is 23.5. The standard InChI is InChI=1S/C29H29N3OS/c1-20-7-4-5-10-28(20)25-14-24(21(2)17-30-3)15-27(16-25)31-18-22-8-6-9-26(13-22)32-29(33)23-11-12-34-19-23/h4-14,16-17,19,31H,15,18H2,1-3H3,(H,32,33)/b24-21-,30-17?. The number of rotatable bonds is 7. The van der Waals surface area contributed by atoms with Crippen LogP contribution in [0.5, 0.6) is 0 Å². The number of nitrogens with zero attached hydrogens (tertiary/aromatic N) is 1. The monoisotopic (exact) mass is 467 g/mol. The summed E-state index contributed by atoms with van der Waals surface area (Å²) in [7, 11) is 1.80. The Morgan fingerprint density at radius 2 is 1.97 bits per heavy atom. The van der Waals surface area contributed by atoms with Crippen LogP contribution in [0.2, 0.25) is 0 Å². The first-order chi connectivity index (χ1) is 16.5. The Morgan fingerprint density at radius 1 is 1.12 bits per heavy atom. The van der Waals surface area contributed by atoms with Gasteiger partial charge in [-0.1, -0.05) is 42.5 Å². The molecule has 4 nitrogen and oxygen atoms in total. The second-order valence-corrected chi connectivity index (χ2v) is 9.16. The smallest absolute Gasteiger partial charge is 0.256 e. The van der Waals surface area contributed by atoms with Crippen molar-refractivity contribution >= 4 is 34.7 Å². The van der Waals surface area contributed by atoms with Crippen LogP contribution in [0.15, 0.2) is 99.3 Å². The average molecular weight is 468 g/mol. The molecular formula is C29H29N3OS. The molecule has 1 aliphatic carbocycles. The SMILES string of the molecule is CN=C/C(C)=C1/C=C(c2ccccc2C)C=C(NCc2cccc(NC(=O)c3ccsc3)c2)C1. The van der Waals surface area contributed by atoms with Crippen molar-refractivity contribution in [3.05, 3.63) is 117 Å². The Bertz CT molecular complexity index is 1300. The predicted octanol–water partition coefficient (Wildman–Crippen LogP) is 6.79. The van der Waals surface area contributed by atoms with Gasteiger partial charge in [-0.15, -0.1) is 0 Å². The summed E-state index contributed by atoms with van der Waals surface area (Å²) in [6.07, 6.45) is 7.25. The van der Waals surface area contributed by atoms with Crippen LogP contribution in [-0.2, 0) is 6.54 Å². The van der Waals surface area contributed by atoms with Crippen molar-refractivity contribution < 1.29 is 4.79 Å². The van der Waals surface area contributed by atoms with Gasteiger partial charge < -0.3 is 10.6 Å². The van der Waals surface area contributed by atoms with E-state index in [1.54, 1.807) is 7.05 Å². The molecule has 0 saturated carbocycles. The van der Waals surface area contributed by atoms with E-state index in [9.17, 15) is 4.79 Å². The van der Waals surface area contributed by atoms with E-state index < -0.39 is 0 Å². The largest absolute Gasteiger partial charge is 0.384 e. The van der Waals surface area contributed by atoms with Crippen LogP contribution >= 0.6 is 11.3 Å². The van der Waals surface area contributed by atoms with Crippen LogP contribution in [-0.4, -0.2) is 19.2 Å². The molecule has 0 unspecified atom stereocenters. The summed E-state index contributed by atoms with van der Waals surface area (Å²) in [5.74, 6) is -0.0859. The van der Waals surface area contributed by atoms with E-state index in [4.69, 9.17) is 0 Å². The number of aryl methyl sites for hydroxylation is 1. The van der Waals surface area contributed by atoms with Crippen molar-refractivity contribution in [2.24, 2.45) is 4.99 Å². The van der Waals surface area contributed by atoms with Gasteiger partial charge in [-0.05, 0) is 76.9 Å². The fourth-order valence-electron chi connectivity index (χ4n) is 3.99. The van der Waals surface area contributed by atoms with Crippen LogP contribution in [0, 0.1) is 6.92 Å². The average Bonchev–Trinajstić information content (AvgIpc) is 3.39. The summed E-state index contributed by atoms with van der Waals surface area (Å²) in [5, 5.41) is 10.4. The molecule has 1 aromatic heterocycles. The first-order valence-corrected chi connectivity index (χ1v) is 12.2. The molecule has 0 radical (unpaired) electrons. The van der Waals surface area contributed by atoms with Crippen molar-refractivity contribution in [3.8, 4) is 0 Å². The molecule has 0 fully saturated rings. The Morgan fingerprint density at radius 3 is 2.74 bits per heavy atom. The van der Waals surface area contributed by atoms with Gasteiger partial charge in [-0.25, -0.2) is 0 Å². The lowest BCUT2D eigenvalue weighted by molar-refractivity contribution is 0.102. The zero-order valence-electron chi connectivity index (χ0n) is 19.8. The molecule has 5 heteroatoms. The molecule has 0 spiro atoms. The third kappa shape index (κ3) is 5.80. The summed E-state index contributed by atoms with van der Waals surface area (Å²) in [6, 6.07) is 18.3. The van der Waals surface area contributed by atoms with Gasteiger partial charge in [-0.3, -0.25) is 9.79 Å². The third-order valence-corrected chi connectivity index (χ3v) is 6.50. The van der Waals surface area contributed by atoms with Gasteiger partial charge in [0, 0.05) is 43.0 Å². The van der Waals surface area contributed by atoms with E-state index in [2.05, 4.69) is 72.0 Å². The highest BCUT2D eigenvalue weighted by Crippen LogP contribution is 2.30. The van der Waals surface area contributed by atoms with Crippen molar-refractivity contribution in [2.75, 3.05) is 12.4 Å². The zero-order valence-corrected chi connectivity index (χ0v) is 20.6. The summed E-state index contributed by atoms with van der Waals surface area (Å²) in [5.41, 5.74) is 9.85. The molecule has 1 heterocycles. The van der Waals surface area contributed by atoms with Crippen molar-refractivity contribution in [2.45, 2.75) is 26.8 Å². The van der Waals surface area contributed by atoms with Crippen molar-refractivity contribution in [3.63, 3.8) is 0 Å². The second-order valence-electron chi connectivity index (χ2n) is 8.38. The third-order valence-electron chi connectivity index (χ3n) is 5.81. The lowest BCUT2D eigenvalue weighted by atomic mass is 9.90. The minimum atomic E-state index is -0.0859. The number of thiophene rings is 1. The molecule has 2 N–H and O–H groups in total. The van der Waals surface area contributed by atoms with Gasteiger partial charge in [0.05, 0.1) is 5.56 Å². The molecule has 34 heavy (non-hydrogen) atoms. The minimum absolute atomic E-state index is 0.0859. The Kier molecular flexibility index (Phi) is 7.55. The van der Waals surface area contributed by atoms with E-state index in [0.29, 0.717) is 12.1 Å². The Balaban J connectivity index is 1.53. The van der Waals surface area contributed by atoms with Crippen LogP contribution in [0.1, 0.15) is 40.4 Å². The molecule has 4 rings (SSSR count). The first-order valence-electron chi connectivity index (χ1n) is 11.3. The molecule has 1 amide bonds. The Labute approximate surface area is 205 Å². The number of aliphatic imine (C=N–C) groups is 1.